The summed E-state index contributed by atoms with van der Waals surface area (Å²) >= 11 is 5.80. The van der Waals surface area contributed by atoms with Crippen molar-refractivity contribution < 1.29 is 9.18 Å². The van der Waals surface area contributed by atoms with E-state index < -0.39 is 5.82 Å². The van der Waals surface area contributed by atoms with Crippen molar-refractivity contribution in [2.45, 2.75) is 13.0 Å². The molecule has 9 heteroatoms. The van der Waals surface area contributed by atoms with Crippen LogP contribution >= 0.6 is 11.6 Å². The second kappa shape index (κ2) is 8.08. The number of fused-ring (bicyclic) bond motifs is 1. The highest BCUT2D eigenvalue weighted by atomic mass is 35.5. The van der Waals surface area contributed by atoms with Crippen LogP contribution in [0, 0.1) is 5.82 Å². The quantitative estimate of drug-likeness (QED) is 0.509. The maximum absolute atomic E-state index is 13.4. The van der Waals surface area contributed by atoms with Gasteiger partial charge in [0.2, 0.25) is 0 Å². The van der Waals surface area contributed by atoms with Crippen LogP contribution in [-0.2, 0) is 0 Å². The Balaban J connectivity index is 1.64. The number of benzene rings is 2. The molecule has 0 aliphatic rings. The predicted molar refractivity (Wildman–Crippen MR) is 113 cm³/mol. The molecule has 4 rings (SSSR count). The number of hydrogen-bond donors (Lipinski definition) is 1. The standard InChI is InChI=1S/C21H18ClFN6O/c1-13(28(2)21(30)27-14-7-8-19(23)18(22)9-14)17-10-25-20(29-12-24-11-26-29)16-6-4-3-5-15(16)17/h3-13H,1-2H3,(H,27,30). The van der Waals surface area contributed by atoms with Gasteiger partial charge in [0.15, 0.2) is 5.82 Å². The first kappa shape index (κ1) is 19.8. The summed E-state index contributed by atoms with van der Waals surface area (Å²) in [6, 6.07) is 11.2. The van der Waals surface area contributed by atoms with E-state index in [4.69, 9.17) is 11.6 Å². The molecular weight excluding hydrogens is 407 g/mol. The van der Waals surface area contributed by atoms with Crippen molar-refractivity contribution >= 4 is 34.1 Å². The predicted octanol–water partition coefficient (Wildman–Crippen LogP) is 4.83. The Hall–Kier alpha value is -3.52. The smallest absolute Gasteiger partial charge is 0.321 e. The van der Waals surface area contributed by atoms with Crippen molar-refractivity contribution in [3.8, 4) is 5.82 Å². The third kappa shape index (κ3) is 3.69. The Kier molecular flexibility index (Phi) is 5.33. The summed E-state index contributed by atoms with van der Waals surface area (Å²) < 4.78 is 15.0. The number of halogens is 2. The molecule has 0 bridgehead atoms. The number of aromatic nitrogens is 4. The van der Waals surface area contributed by atoms with E-state index in [0.29, 0.717) is 11.5 Å². The lowest BCUT2D eigenvalue weighted by Gasteiger charge is -2.26. The monoisotopic (exact) mass is 424 g/mol. The highest BCUT2D eigenvalue weighted by Crippen LogP contribution is 2.30. The fourth-order valence-corrected chi connectivity index (χ4v) is 3.38. The van der Waals surface area contributed by atoms with Gasteiger partial charge < -0.3 is 10.2 Å². The highest BCUT2D eigenvalue weighted by molar-refractivity contribution is 6.31. The third-order valence-corrected chi connectivity index (χ3v) is 5.25. The molecule has 1 atom stereocenters. The number of amides is 2. The minimum Gasteiger partial charge on any atom is -0.321 e. The van der Waals surface area contributed by atoms with Crippen LogP contribution in [0.1, 0.15) is 18.5 Å². The highest BCUT2D eigenvalue weighted by Gasteiger charge is 2.21. The summed E-state index contributed by atoms with van der Waals surface area (Å²) in [5.74, 6) is 0.119. The van der Waals surface area contributed by atoms with Crippen molar-refractivity contribution in [2.24, 2.45) is 0 Å². The van der Waals surface area contributed by atoms with E-state index in [1.165, 1.54) is 24.5 Å². The molecule has 2 heterocycles. The summed E-state index contributed by atoms with van der Waals surface area (Å²) in [6.07, 6.45) is 4.78. The van der Waals surface area contributed by atoms with Gasteiger partial charge >= 0.3 is 6.03 Å². The number of carbonyl (C=O) groups is 1. The Bertz CT molecular complexity index is 1210. The Morgan fingerprint density at radius 3 is 2.70 bits per heavy atom. The average molecular weight is 425 g/mol. The number of rotatable bonds is 4. The number of nitrogens with one attached hydrogen (secondary N) is 1. The van der Waals surface area contributed by atoms with Crippen LogP contribution in [0.3, 0.4) is 0 Å². The molecular formula is C21H18ClFN6O. The van der Waals surface area contributed by atoms with E-state index in [0.717, 1.165) is 16.3 Å². The molecule has 0 saturated heterocycles. The SMILES string of the molecule is CC(c1cnc(-n2cncn2)c2ccccc12)N(C)C(=O)Nc1ccc(F)c(Cl)c1. The number of hydrogen-bond acceptors (Lipinski definition) is 4. The molecule has 0 radical (unpaired) electrons. The number of anilines is 1. The zero-order valence-electron chi connectivity index (χ0n) is 16.3. The topological polar surface area (TPSA) is 75.9 Å². The van der Waals surface area contributed by atoms with Crippen LogP contribution in [0.2, 0.25) is 5.02 Å². The van der Waals surface area contributed by atoms with E-state index in [9.17, 15) is 9.18 Å². The number of carbonyl (C=O) groups excluding carboxylic acids is 1. The lowest BCUT2D eigenvalue weighted by molar-refractivity contribution is 0.208. The molecule has 1 unspecified atom stereocenters. The maximum atomic E-state index is 13.4. The molecule has 0 fully saturated rings. The van der Waals surface area contributed by atoms with Crippen LogP contribution in [0.25, 0.3) is 16.6 Å². The Morgan fingerprint density at radius 1 is 1.23 bits per heavy atom. The molecule has 0 saturated carbocycles. The molecule has 0 aliphatic heterocycles. The number of pyridine rings is 1. The molecule has 2 amide bonds. The Morgan fingerprint density at radius 2 is 2.00 bits per heavy atom. The van der Waals surface area contributed by atoms with Gasteiger partial charge in [0.25, 0.3) is 0 Å². The second-order valence-electron chi connectivity index (χ2n) is 6.77. The van der Waals surface area contributed by atoms with Gasteiger partial charge in [0.1, 0.15) is 18.5 Å². The van der Waals surface area contributed by atoms with Crippen LogP contribution in [0.15, 0.2) is 61.3 Å². The third-order valence-electron chi connectivity index (χ3n) is 4.96. The molecule has 2 aromatic heterocycles. The van der Waals surface area contributed by atoms with Crippen LogP contribution in [-0.4, -0.2) is 37.7 Å². The van der Waals surface area contributed by atoms with Gasteiger partial charge in [-0.3, -0.25) is 0 Å². The fraction of sp³-hybridized carbons (Fsp3) is 0.143. The van der Waals surface area contributed by atoms with Gasteiger partial charge in [-0.25, -0.2) is 23.8 Å². The van der Waals surface area contributed by atoms with Gasteiger partial charge in [-0.1, -0.05) is 35.9 Å². The van der Waals surface area contributed by atoms with E-state index in [1.807, 2.05) is 31.2 Å². The van der Waals surface area contributed by atoms with Crippen molar-refractivity contribution in [1.82, 2.24) is 24.6 Å². The molecule has 1 N–H and O–H groups in total. The van der Waals surface area contributed by atoms with Crippen LogP contribution in [0.4, 0.5) is 14.9 Å². The summed E-state index contributed by atoms with van der Waals surface area (Å²) in [4.78, 5) is 22.8. The van der Waals surface area contributed by atoms with Crippen molar-refractivity contribution in [3.05, 3.63) is 77.7 Å². The molecule has 0 aliphatic carbocycles. The molecule has 4 aromatic rings. The minimum absolute atomic E-state index is 0.0533. The summed E-state index contributed by atoms with van der Waals surface area (Å²) in [5.41, 5.74) is 1.29. The second-order valence-corrected chi connectivity index (χ2v) is 7.18. The van der Waals surface area contributed by atoms with E-state index in [1.54, 1.807) is 29.2 Å². The molecule has 0 spiro atoms. The lowest BCUT2D eigenvalue weighted by atomic mass is 10.0. The van der Waals surface area contributed by atoms with Crippen LogP contribution in [0.5, 0.6) is 0 Å². The number of urea groups is 1. The lowest BCUT2D eigenvalue weighted by Crippen LogP contribution is -2.33. The summed E-state index contributed by atoms with van der Waals surface area (Å²) in [5, 5.41) is 8.70. The van der Waals surface area contributed by atoms with Crippen molar-refractivity contribution in [2.75, 3.05) is 12.4 Å². The zero-order valence-corrected chi connectivity index (χ0v) is 17.0. The summed E-state index contributed by atoms with van der Waals surface area (Å²) in [6.45, 7) is 1.91. The van der Waals surface area contributed by atoms with Crippen molar-refractivity contribution in [3.63, 3.8) is 0 Å². The van der Waals surface area contributed by atoms with Crippen molar-refractivity contribution in [1.29, 1.82) is 0 Å². The Labute approximate surface area is 177 Å². The first-order valence-corrected chi connectivity index (χ1v) is 9.55. The minimum atomic E-state index is -0.540. The molecule has 2 aromatic carbocycles. The number of nitrogens with zero attached hydrogens (tertiary/aromatic N) is 5. The normalized spacial score (nSPS) is 12.0. The van der Waals surface area contributed by atoms with E-state index in [-0.39, 0.29) is 17.1 Å². The average Bonchev–Trinajstić information content (AvgIpc) is 3.29. The molecule has 152 valence electrons. The van der Waals surface area contributed by atoms with Gasteiger partial charge in [-0.15, -0.1) is 0 Å². The van der Waals surface area contributed by atoms with E-state index in [2.05, 4.69) is 20.4 Å². The first-order chi connectivity index (χ1) is 14.5. The fourth-order valence-electron chi connectivity index (χ4n) is 3.20. The van der Waals surface area contributed by atoms with E-state index >= 15 is 0 Å². The molecule has 30 heavy (non-hydrogen) atoms. The van der Waals surface area contributed by atoms with Crippen LogP contribution < -0.4 is 5.32 Å². The van der Waals surface area contributed by atoms with Gasteiger partial charge in [0.05, 0.1) is 11.1 Å². The molecule has 7 nitrogen and oxygen atoms in total. The first-order valence-electron chi connectivity index (χ1n) is 9.17. The largest absolute Gasteiger partial charge is 0.322 e. The maximum Gasteiger partial charge on any atom is 0.322 e. The zero-order chi connectivity index (χ0) is 21.3. The summed E-state index contributed by atoms with van der Waals surface area (Å²) in [7, 11) is 1.69. The van der Waals surface area contributed by atoms with Gasteiger partial charge in [0, 0.05) is 29.9 Å². The van der Waals surface area contributed by atoms with Gasteiger partial charge in [-0.2, -0.15) is 5.10 Å². The van der Waals surface area contributed by atoms with Gasteiger partial charge in [-0.05, 0) is 30.5 Å².